The third-order valence-corrected chi connectivity index (χ3v) is 6.75. The summed E-state index contributed by atoms with van der Waals surface area (Å²) >= 11 is 0. The number of hydrogen-bond acceptors (Lipinski definition) is 12. The van der Waals surface area contributed by atoms with Crippen LogP contribution < -0.4 is 20.3 Å². The van der Waals surface area contributed by atoms with Crippen LogP contribution in [0.4, 0.5) is 11.4 Å². The quantitative estimate of drug-likeness (QED) is 0.118. The molecule has 47 heavy (non-hydrogen) atoms. The van der Waals surface area contributed by atoms with E-state index in [4.69, 9.17) is 9.47 Å². The average Bonchev–Trinajstić information content (AvgIpc) is 3.12. The minimum atomic E-state index is -0.390. The number of nitrogens with zero attached hydrogens (tertiary/aromatic N) is 4. The molecule has 6 rings (SSSR count). The summed E-state index contributed by atoms with van der Waals surface area (Å²) in [5.74, 6) is 0.700. The van der Waals surface area contributed by atoms with Gasteiger partial charge >= 0.3 is 0 Å². The molecule has 2 aromatic heterocycles. The number of carbonyl (C=O) groups is 4. The van der Waals surface area contributed by atoms with Crippen molar-refractivity contribution in [2.75, 3.05) is 25.1 Å². The molecule has 0 atom stereocenters. The van der Waals surface area contributed by atoms with Gasteiger partial charge in [0.25, 0.3) is 0 Å². The van der Waals surface area contributed by atoms with Gasteiger partial charge in [0, 0.05) is 40.0 Å². The van der Waals surface area contributed by atoms with E-state index >= 15 is 0 Å². The third kappa shape index (κ3) is 7.78. The number of Topliss-reactive ketones (excluding diaryl/α,β-unsaturated/α-hetero) is 2. The van der Waals surface area contributed by atoms with Crippen molar-refractivity contribution in [1.82, 2.24) is 9.97 Å². The Morgan fingerprint density at radius 1 is 0.617 bits per heavy atom. The summed E-state index contributed by atoms with van der Waals surface area (Å²) in [6.07, 6.45) is 6.97. The van der Waals surface area contributed by atoms with Crippen molar-refractivity contribution in [1.29, 1.82) is 0 Å². The first-order valence-corrected chi connectivity index (χ1v) is 13.7. The molecule has 238 valence electrons. The number of ketones is 2. The number of allylic oxidation sites excluding steroid dienone is 4. The van der Waals surface area contributed by atoms with Crippen molar-refractivity contribution >= 4 is 46.9 Å². The Balaban J connectivity index is 0.000000208. The first-order valence-electron chi connectivity index (χ1n) is 13.7. The van der Waals surface area contributed by atoms with E-state index in [1.807, 2.05) is 24.3 Å². The van der Waals surface area contributed by atoms with Gasteiger partial charge in [-0.15, -0.1) is 0 Å². The van der Waals surface area contributed by atoms with Crippen molar-refractivity contribution in [2.24, 2.45) is 10.2 Å². The summed E-state index contributed by atoms with van der Waals surface area (Å²) in [5, 5.41) is 8.56. The smallest absolute Gasteiger partial charge is 0.215 e. The van der Waals surface area contributed by atoms with E-state index in [0.717, 1.165) is 22.9 Å². The summed E-state index contributed by atoms with van der Waals surface area (Å²) in [5.41, 5.74) is 9.96. The van der Waals surface area contributed by atoms with E-state index < -0.39 is 0 Å². The summed E-state index contributed by atoms with van der Waals surface area (Å²) in [6.45, 7) is 0. The predicted molar refractivity (Wildman–Crippen MR) is 172 cm³/mol. The Labute approximate surface area is 279 Å². The van der Waals surface area contributed by atoms with Gasteiger partial charge in [0.1, 0.15) is 22.9 Å². The van der Waals surface area contributed by atoms with E-state index in [0.29, 0.717) is 35.1 Å². The maximum atomic E-state index is 12.1. The number of nitrogens with one attached hydrogen (secondary N) is 2. The first kappa shape index (κ1) is 33.8. The van der Waals surface area contributed by atoms with Gasteiger partial charge in [-0.1, -0.05) is 0 Å². The largest absolute Gasteiger partial charge is 0.497 e. The summed E-state index contributed by atoms with van der Waals surface area (Å²) in [7, 11) is 3.19. The average molecular weight is 673 g/mol. The van der Waals surface area contributed by atoms with E-state index in [1.54, 1.807) is 62.8 Å². The number of aldehydes is 2. The van der Waals surface area contributed by atoms with Crippen LogP contribution >= 0.6 is 0 Å². The number of hydrazone groups is 2. The fourth-order valence-corrected chi connectivity index (χ4v) is 4.38. The zero-order chi connectivity index (χ0) is 32.5. The molecule has 0 fully saturated rings. The molecule has 0 radical (unpaired) electrons. The van der Waals surface area contributed by atoms with Crippen LogP contribution in [0.15, 0.2) is 119 Å². The van der Waals surface area contributed by atoms with Crippen LogP contribution in [0, 0.1) is 0 Å². The van der Waals surface area contributed by atoms with Gasteiger partial charge in [-0.2, -0.15) is 10.2 Å². The molecule has 2 aliphatic rings. The van der Waals surface area contributed by atoms with E-state index in [2.05, 4.69) is 31.0 Å². The molecule has 2 aliphatic carbocycles. The van der Waals surface area contributed by atoms with Crippen LogP contribution in [0.25, 0.3) is 0 Å². The molecule has 0 saturated heterocycles. The number of anilines is 2. The van der Waals surface area contributed by atoms with Gasteiger partial charge in [-0.25, -0.2) is 0 Å². The number of rotatable bonds is 8. The second-order valence-corrected chi connectivity index (χ2v) is 9.57. The topological polar surface area (TPSA) is 161 Å². The molecule has 0 spiro atoms. The van der Waals surface area contributed by atoms with Gasteiger partial charge in [0.2, 0.25) is 11.6 Å². The summed E-state index contributed by atoms with van der Waals surface area (Å²) in [6, 6.07) is 21.4. The predicted octanol–water partition coefficient (Wildman–Crippen LogP) is 4.45. The fourth-order valence-electron chi connectivity index (χ4n) is 4.38. The van der Waals surface area contributed by atoms with Crippen molar-refractivity contribution < 1.29 is 45.1 Å². The van der Waals surface area contributed by atoms with E-state index in [1.165, 1.54) is 24.5 Å². The number of hydrogen-bond donors (Lipinski definition) is 2. The monoisotopic (exact) mass is 672 g/mol. The van der Waals surface area contributed by atoms with Crippen LogP contribution in [-0.4, -0.2) is 59.7 Å². The SMILES string of the molecule is COc1ccc(N/N=C2/C=C(C=O)C(=O)c3ncccc32)cc1.COc1ccc(N/N=C2/C=C(C=O)C(=O)c3ncccc32)cc1.[Ni]. The molecular weight excluding hydrogens is 647 g/mol. The van der Waals surface area contributed by atoms with Gasteiger partial charge < -0.3 is 9.47 Å². The van der Waals surface area contributed by atoms with E-state index in [-0.39, 0.29) is 50.6 Å². The normalized spacial score (nSPS) is 14.6. The molecule has 0 amide bonds. The standard InChI is InChI=1S/2C17H13N3O3.Ni/c2*1-23-13-6-4-12(5-7-13)19-20-15-9-11(10-21)17(22)16-14(15)3-2-8-18-16;/h2*2-10,19H,1H3;/b2*20-15-;. The minimum Gasteiger partial charge on any atom is -0.497 e. The first-order chi connectivity index (χ1) is 22.4. The van der Waals surface area contributed by atoms with Crippen molar-refractivity contribution in [3.63, 3.8) is 0 Å². The Kier molecular flexibility index (Phi) is 11.4. The van der Waals surface area contributed by atoms with Crippen LogP contribution in [0.5, 0.6) is 11.5 Å². The van der Waals surface area contributed by atoms with Crippen molar-refractivity contribution in [3.8, 4) is 11.5 Å². The molecule has 2 N–H and O–H groups in total. The fraction of sp³-hybridized carbons (Fsp3) is 0.0588. The van der Waals surface area contributed by atoms with Gasteiger partial charge in [-0.3, -0.25) is 40.0 Å². The number of pyridine rings is 2. The maximum absolute atomic E-state index is 12.1. The van der Waals surface area contributed by atoms with Gasteiger partial charge in [-0.05, 0) is 84.9 Å². The summed E-state index contributed by atoms with van der Waals surface area (Å²) in [4.78, 5) is 54.4. The zero-order valence-electron chi connectivity index (χ0n) is 24.9. The van der Waals surface area contributed by atoms with Crippen molar-refractivity contribution in [3.05, 3.63) is 131 Å². The Morgan fingerprint density at radius 3 is 1.34 bits per heavy atom. The maximum Gasteiger partial charge on any atom is 0.215 e. The third-order valence-electron chi connectivity index (χ3n) is 6.75. The molecule has 0 saturated carbocycles. The molecule has 0 aliphatic heterocycles. The van der Waals surface area contributed by atoms with Crippen LogP contribution in [0.1, 0.15) is 32.1 Å². The molecular formula is C34H26N6NiO6. The minimum absolute atomic E-state index is 0. The number of aromatic nitrogens is 2. The second-order valence-electron chi connectivity index (χ2n) is 9.57. The van der Waals surface area contributed by atoms with Crippen LogP contribution in [0.2, 0.25) is 0 Å². The Morgan fingerprint density at radius 2 is 1.00 bits per heavy atom. The summed E-state index contributed by atoms with van der Waals surface area (Å²) < 4.78 is 10.2. The molecule has 4 aromatic rings. The van der Waals surface area contributed by atoms with Gasteiger partial charge in [0.15, 0.2) is 12.6 Å². The van der Waals surface area contributed by atoms with E-state index in [9.17, 15) is 19.2 Å². The number of benzene rings is 2. The molecule has 0 bridgehead atoms. The number of ether oxygens (including phenoxy) is 2. The Bertz CT molecular complexity index is 1790. The van der Waals surface area contributed by atoms with Gasteiger partial charge in [0.05, 0.1) is 48.2 Å². The van der Waals surface area contributed by atoms with Crippen molar-refractivity contribution in [2.45, 2.75) is 0 Å². The molecule has 2 heterocycles. The molecule has 13 heteroatoms. The van der Waals surface area contributed by atoms with Crippen LogP contribution in [-0.2, 0) is 26.1 Å². The molecule has 2 aromatic carbocycles. The molecule has 0 unspecified atom stereocenters. The number of carbonyl (C=O) groups excluding carboxylic acids is 4. The van der Waals surface area contributed by atoms with Crippen LogP contribution in [0.3, 0.4) is 0 Å². The zero-order valence-corrected chi connectivity index (χ0v) is 25.9. The molecule has 12 nitrogen and oxygen atoms in total. The number of methoxy groups -OCH3 is 2. The number of fused-ring (bicyclic) bond motifs is 2. The second kappa shape index (κ2) is 15.8. The Hall–Kier alpha value is -6.07.